The zero-order valence-corrected chi connectivity index (χ0v) is 9.22. The molecule has 2 aliphatic rings. The van der Waals surface area contributed by atoms with Crippen LogP contribution in [0.5, 0.6) is 0 Å². The highest BCUT2D eigenvalue weighted by Crippen LogP contribution is 2.44. The minimum absolute atomic E-state index is 0.698. The topological polar surface area (TPSA) is 12.0 Å². The normalized spacial score (nSPS) is 40.2. The van der Waals surface area contributed by atoms with Crippen molar-refractivity contribution < 1.29 is 0 Å². The average Bonchev–Trinajstić information content (AvgIpc) is 2.64. The fourth-order valence-electron chi connectivity index (χ4n) is 2.98. The van der Waals surface area contributed by atoms with Crippen molar-refractivity contribution in [1.29, 1.82) is 0 Å². The zero-order valence-electron chi connectivity index (χ0n) is 9.22. The van der Waals surface area contributed by atoms with Crippen molar-refractivity contribution >= 4 is 0 Å². The second kappa shape index (κ2) is 3.61. The van der Waals surface area contributed by atoms with Crippen LogP contribution in [0.4, 0.5) is 0 Å². The first-order valence-electron chi connectivity index (χ1n) is 5.93. The van der Waals surface area contributed by atoms with Crippen LogP contribution in [0.15, 0.2) is 0 Å². The molecule has 2 aliphatic carbocycles. The van der Waals surface area contributed by atoms with Crippen molar-refractivity contribution in [3.63, 3.8) is 0 Å². The predicted molar refractivity (Wildman–Crippen MR) is 56.7 cm³/mol. The summed E-state index contributed by atoms with van der Waals surface area (Å²) in [6.45, 7) is 6.95. The third-order valence-corrected chi connectivity index (χ3v) is 4.22. The van der Waals surface area contributed by atoms with E-state index in [9.17, 15) is 0 Å². The van der Waals surface area contributed by atoms with Crippen molar-refractivity contribution in [3.8, 4) is 0 Å². The van der Waals surface area contributed by atoms with Crippen LogP contribution < -0.4 is 5.32 Å². The maximum Gasteiger partial charge on any atom is 0.0101 e. The molecule has 0 radical (unpaired) electrons. The van der Waals surface area contributed by atoms with Gasteiger partial charge in [0, 0.05) is 12.1 Å². The van der Waals surface area contributed by atoms with Crippen LogP contribution in [0, 0.1) is 17.8 Å². The van der Waals surface area contributed by atoms with Crippen molar-refractivity contribution in [1.82, 2.24) is 5.32 Å². The Morgan fingerprint density at radius 2 is 1.85 bits per heavy atom. The molecule has 0 aromatic heterocycles. The summed E-state index contributed by atoms with van der Waals surface area (Å²) in [6, 6.07) is 1.56. The van der Waals surface area contributed by atoms with Gasteiger partial charge in [-0.25, -0.2) is 0 Å². The largest absolute Gasteiger partial charge is 0.311 e. The van der Waals surface area contributed by atoms with E-state index >= 15 is 0 Å². The van der Waals surface area contributed by atoms with E-state index in [0.717, 1.165) is 23.8 Å². The Hall–Kier alpha value is -0.0400. The van der Waals surface area contributed by atoms with E-state index in [-0.39, 0.29) is 0 Å². The van der Waals surface area contributed by atoms with Gasteiger partial charge in [-0.15, -0.1) is 0 Å². The number of rotatable bonds is 3. The summed E-state index contributed by atoms with van der Waals surface area (Å²) in [5.41, 5.74) is 0. The Bertz CT molecular complexity index is 176. The number of fused-ring (bicyclic) bond motifs is 2. The molecule has 1 heteroatoms. The Labute approximate surface area is 82.3 Å². The molecular formula is C12H23N. The van der Waals surface area contributed by atoms with E-state index < -0.39 is 0 Å². The van der Waals surface area contributed by atoms with Crippen molar-refractivity contribution in [2.45, 2.75) is 58.5 Å². The molecule has 1 nitrogen and oxygen atoms in total. The Morgan fingerprint density at radius 3 is 2.31 bits per heavy atom. The first-order chi connectivity index (χ1) is 6.16. The van der Waals surface area contributed by atoms with Crippen molar-refractivity contribution in [3.05, 3.63) is 0 Å². The fraction of sp³-hybridized carbons (Fsp3) is 1.00. The Kier molecular flexibility index (Phi) is 2.64. The van der Waals surface area contributed by atoms with E-state index in [2.05, 4.69) is 26.1 Å². The standard InChI is InChI=1S/C12H23N/c1-8(2)9(3)13-12-7-10-4-5-11(12)6-10/h8-13H,4-7H2,1-3H3. The van der Waals surface area contributed by atoms with Crippen LogP contribution in [-0.4, -0.2) is 12.1 Å². The van der Waals surface area contributed by atoms with E-state index in [4.69, 9.17) is 0 Å². The molecule has 2 bridgehead atoms. The summed E-state index contributed by atoms with van der Waals surface area (Å²) in [6.07, 6.45) is 5.98. The lowest BCUT2D eigenvalue weighted by molar-refractivity contribution is 0.294. The zero-order chi connectivity index (χ0) is 9.42. The van der Waals surface area contributed by atoms with Gasteiger partial charge in [0.1, 0.15) is 0 Å². The van der Waals surface area contributed by atoms with Gasteiger partial charge in [0.05, 0.1) is 0 Å². The van der Waals surface area contributed by atoms with Crippen LogP contribution in [0.2, 0.25) is 0 Å². The average molecular weight is 181 g/mol. The third kappa shape index (κ3) is 1.90. The van der Waals surface area contributed by atoms with Gasteiger partial charge in [-0.2, -0.15) is 0 Å². The van der Waals surface area contributed by atoms with Crippen LogP contribution in [0.1, 0.15) is 46.5 Å². The molecule has 0 saturated heterocycles. The highest BCUT2D eigenvalue weighted by molar-refractivity contribution is 4.95. The molecule has 2 rings (SSSR count). The molecule has 2 saturated carbocycles. The molecule has 4 unspecified atom stereocenters. The molecule has 2 fully saturated rings. The molecular weight excluding hydrogens is 158 g/mol. The van der Waals surface area contributed by atoms with Crippen molar-refractivity contribution in [2.75, 3.05) is 0 Å². The first-order valence-corrected chi connectivity index (χ1v) is 5.93. The van der Waals surface area contributed by atoms with E-state index in [1.165, 1.54) is 25.7 Å². The second-order valence-corrected chi connectivity index (χ2v) is 5.48. The van der Waals surface area contributed by atoms with Crippen LogP contribution in [-0.2, 0) is 0 Å². The summed E-state index contributed by atoms with van der Waals surface area (Å²) >= 11 is 0. The summed E-state index contributed by atoms with van der Waals surface area (Å²) in [5.74, 6) is 2.87. The van der Waals surface area contributed by atoms with E-state index in [1.807, 2.05) is 0 Å². The molecule has 76 valence electrons. The van der Waals surface area contributed by atoms with Gasteiger partial charge >= 0.3 is 0 Å². The Morgan fingerprint density at radius 1 is 1.08 bits per heavy atom. The number of nitrogens with one attached hydrogen (secondary N) is 1. The molecule has 0 aromatic rings. The molecule has 0 aromatic carbocycles. The quantitative estimate of drug-likeness (QED) is 0.706. The lowest BCUT2D eigenvalue weighted by Crippen LogP contribution is -2.42. The maximum absolute atomic E-state index is 3.81. The minimum atomic E-state index is 0.698. The Balaban J connectivity index is 1.83. The molecule has 0 amide bonds. The van der Waals surface area contributed by atoms with Crippen LogP contribution in [0.3, 0.4) is 0 Å². The maximum atomic E-state index is 3.81. The van der Waals surface area contributed by atoms with Gasteiger partial charge in [-0.3, -0.25) is 0 Å². The predicted octanol–water partition coefficient (Wildman–Crippen LogP) is 2.81. The molecule has 0 spiro atoms. The van der Waals surface area contributed by atoms with Gasteiger partial charge in [-0.05, 0) is 43.9 Å². The summed E-state index contributed by atoms with van der Waals surface area (Å²) in [5, 5.41) is 3.81. The van der Waals surface area contributed by atoms with Crippen LogP contribution in [0.25, 0.3) is 0 Å². The smallest absolute Gasteiger partial charge is 0.0101 e. The second-order valence-electron chi connectivity index (χ2n) is 5.48. The molecule has 0 aliphatic heterocycles. The molecule has 13 heavy (non-hydrogen) atoms. The van der Waals surface area contributed by atoms with Gasteiger partial charge in [0.15, 0.2) is 0 Å². The van der Waals surface area contributed by atoms with Gasteiger partial charge < -0.3 is 5.32 Å². The minimum Gasteiger partial charge on any atom is -0.311 e. The van der Waals surface area contributed by atoms with Crippen molar-refractivity contribution in [2.24, 2.45) is 17.8 Å². The van der Waals surface area contributed by atoms with E-state index in [0.29, 0.717) is 6.04 Å². The summed E-state index contributed by atoms with van der Waals surface area (Å²) in [4.78, 5) is 0. The number of hydrogen-bond donors (Lipinski definition) is 1. The fourth-order valence-corrected chi connectivity index (χ4v) is 2.98. The monoisotopic (exact) mass is 181 g/mol. The van der Waals surface area contributed by atoms with Crippen LogP contribution >= 0.6 is 0 Å². The number of hydrogen-bond acceptors (Lipinski definition) is 1. The summed E-state index contributed by atoms with van der Waals surface area (Å²) < 4.78 is 0. The first kappa shape index (κ1) is 9.51. The molecule has 0 heterocycles. The summed E-state index contributed by atoms with van der Waals surface area (Å²) in [7, 11) is 0. The highest BCUT2D eigenvalue weighted by atomic mass is 15.0. The SMILES string of the molecule is CC(C)C(C)NC1CC2CCC1C2. The lowest BCUT2D eigenvalue weighted by atomic mass is 9.93. The highest BCUT2D eigenvalue weighted by Gasteiger charge is 2.39. The lowest BCUT2D eigenvalue weighted by Gasteiger charge is -2.28. The van der Waals surface area contributed by atoms with E-state index in [1.54, 1.807) is 0 Å². The van der Waals surface area contributed by atoms with Gasteiger partial charge in [0.25, 0.3) is 0 Å². The molecule has 1 N–H and O–H groups in total. The van der Waals surface area contributed by atoms with Gasteiger partial charge in [0.2, 0.25) is 0 Å². The van der Waals surface area contributed by atoms with Gasteiger partial charge in [-0.1, -0.05) is 20.3 Å². The third-order valence-electron chi connectivity index (χ3n) is 4.22. The molecule has 4 atom stereocenters.